The average molecular weight is 465 g/mol. The van der Waals surface area contributed by atoms with Gasteiger partial charge in [-0.1, -0.05) is 60.7 Å². The van der Waals surface area contributed by atoms with Crippen LogP contribution in [0.25, 0.3) is 23.3 Å². The largest absolute Gasteiger partial charge is 0.381 e. The number of methoxy groups -OCH3 is 1. The van der Waals surface area contributed by atoms with Gasteiger partial charge < -0.3 is 9.47 Å². The number of hydrogen-bond donors (Lipinski definition) is 0. The van der Waals surface area contributed by atoms with E-state index in [0.717, 1.165) is 36.8 Å². The summed E-state index contributed by atoms with van der Waals surface area (Å²) in [6, 6.07) is 15.6. The van der Waals surface area contributed by atoms with Crippen LogP contribution in [0, 0.1) is 17.5 Å². The minimum atomic E-state index is -0.809. The second-order valence-corrected chi connectivity index (χ2v) is 9.10. The first-order valence-corrected chi connectivity index (χ1v) is 11.7. The van der Waals surface area contributed by atoms with Crippen LogP contribution in [0.2, 0.25) is 0 Å². The minimum Gasteiger partial charge on any atom is -0.381 e. The predicted molar refractivity (Wildman–Crippen MR) is 128 cm³/mol. The van der Waals surface area contributed by atoms with E-state index in [1.165, 1.54) is 6.07 Å². The molecular formula is C29H27F3O2. The summed E-state index contributed by atoms with van der Waals surface area (Å²) < 4.78 is 54.8. The molecule has 5 rings (SSSR count). The molecule has 1 aliphatic carbocycles. The van der Waals surface area contributed by atoms with Crippen molar-refractivity contribution in [1.29, 1.82) is 0 Å². The second kappa shape index (κ2) is 9.77. The zero-order valence-electron chi connectivity index (χ0n) is 19.1. The Bertz CT molecular complexity index is 1190. The Labute approximate surface area is 198 Å². The number of benzene rings is 3. The lowest BCUT2D eigenvalue weighted by molar-refractivity contribution is 0.0655. The standard InChI is InChI=1S/C29H27F3O2/c1-33-23-12-10-20(11-13-23)25-15-14-24(28(31)29(25)32)19-5-2-18(3-6-19)4-7-21-8-9-22(16-26(21)30)27-17-34-27/h2-9,14-16,20,23,27H,10-13,17H2,1H3/b7-4+. The molecule has 1 heterocycles. The van der Waals surface area contributed by atoms with Crippen LogP contribution in [0.4, 0.5) is 13.2 Å². The van der Waals surface area contributed by atoms with Crippen molar-refractivity contribution in [3.8, 4) is 11.1 Å². The molecule has 1 aliphatic heterocycles. The Kier molecular flexibility index (Phi) is 6.57. The molecule has 0 aromatic heterocycles. The molecule has 5 heteroatoms. The molecule has 2 aliphatic rings. The van der Waals surface area contributed by atoms with E-state index in [0.29, 0.717) is 23.3 Å². The molecule has 1 atom stereocenters. The van der Waals surface area contributed by atoms with Crippen molar-refractivity contribution >= 4 is 12.2 Å². The fourth-order valence-corrected chi connectivity index (χ4v) is 4.79. The van der Waals surface area contributed by atoms with Crippen LogP contribution >= 0.6 is 0 Å². The van der Waals surface area contributed by atoms with E-state index in [1.54, 1.807) is 49.6 Å². The maximum Gasteiger partial charge on any atom is 0.166 e. The van der Waals surface area contributed by atoms with Crippen molar-refractivity contribution in [2.24, 2.45) is 0 Å². The third-order valence-corrected chi connectivity index (χ3v) is 6.97. The Morgan fingerprint density at radius 3 is 2.24 bits per heavy atom. The molecular weight excluding hydrogens is 437 g/mol. The molecule has 0 bridgehead atoms. The van der Waals surface area contributed by atoms with Crippen molar-refractivity contribution in [2.75, 3.05) is 13.7 Å². The van der Waals surface area contributed by atoms with Gasteiger partial charge in [-0.3, -0.25) is 0 Å². The van der Waals surface area contributed by atoms with Crippen LogP contribution in [-0.4, -0.2) is 19.8 Å². The highest BCUT2D eigenvalue weighted by atomic mass is 19.2. The second-order valence-electron chi connectivity index (χ2n) is 9.10. The summed E-state index contributed by atoms with van der Waals surface area (Å²) in [5.41, 5.74) is 3.47. The van der Waals surface area contributed by atoms with Gasteiger partial charge in [-0.05, 0) is 59.9 Å². The number of hydrogen-bond acceptors (Lipinski definition) is 2. The molecule has 1 saturated carbocycles. The maximum absolute atomic E-state index is 15.0. The van der Waals surface area contributed by atoms with Crippen LogP contribution in [0.15, 0.2) is 54.6 Å². The zero-order chi connectivity index (χ0) is 23.7. The predicted octanol–water partition coefficient (Wildman–Crippen LogP) is 7.69. The summed E-state index contributed by atoms with van der Waals surface area (Å²) in [5.74, 6) is -1.84. The van der Waals surface area contributed by atoms with Gasteiger partial charge in [-0.25, -0.2) is 13.2 Å². The van der Waals surface area contributed by atoms with Crippen molar-refractivity contribution < 1.29 is 22.6 Å². The van der Waals surface area contributed by atoms with Crippen molar-refractivity contribution in [3.63, 3.8) is 0 Å². The van der Waals surface area contributed by atoms with E-state index in [9.17, 15) is 13.2 Å². The van der Waals surface area contributed by atoms with Gasteiger partial charge in [0.15, 0.2) is 11.6 Å². The topological polar surface area (TPSA) is 21.8 Å². The highest BCUT2D eigenvalue weighted by Crippen LogP contribution is 2.38. The van der Waals surface area contributed by atoms with Crippen LogP contribution in [-0.2, 0) is 9.47 Å². The van der Waals surface area contributed by atoms with Gasteiger partial charge >= 0.3 is 0 Å². The van der Waals surface area contributed by atoms with Gasteiger partial charge in [0, 0.05) is 18.2 Å². The summed E-state index contributed by atoms with van der Waals surface area (Å²) in [5, 5.41) is 0. The van der Waals surface area contributed by atoms with Crippen molar-refractivity contribution in [3.05, 3.63) is 94.3 Å². The Balaban J connectivity index is 1.30. The highest BCUT2D eigenvalue weighted by molar-refractivity contribution is 5.72. The number of ether oxygens (including phenoxy) is 2. The van der Waals surface area contributed by atoms with Gasteiger partial charge in [0.05, 0.1) is 12.7 Å². The molecule has 1 unspecified atom stereocenters. The number of halogens is 3. The van der Waals surface area contributed by atoms with E-state index in [2.05, 4.69) is 0 Å². The Morgan fingerprint density at radius 1 is 0.853 bits per heavy atom. The lowest BCUT2D eigenvalue weighted by Gasteiger charge is -2.28. The van der Waals surface area contributed by atoms with Gasteiger partial charge in [0.2, 0.25) is 0 Å². The first kappa shape index (κ1) is 22.9. The van der Waals surface area contributed by atoms with Gasteiger partial charge in [0.1, 0.15) is 11.9 Å². The smallest absolute Gasteiger partial charge is 0.166 e. The SMILES string of the molecule is COC1CCC(c2ccc(-c3ccc(/C=C/c4ccc(C5CO5)cc4F)cc3)c(F)c2F)CC1. The van der Waals surface area contributed by atoms with E-state index in [4.69, 9.17) is 9.47 Å². The molecule has 2 fully saturated rings. The average Bonchev–Trinajstić information content (AvgIpc) is 3.71. The van der Waals surface area contributed by atoms with Gasteiger partial charge in [-0.15, -0.1) is 0 Å². The third-order valence-electron chi connectivity index (χ3n) is 6.97. The Hall–Kier alpha value is -2.89. The van der Waals surface area contributed by atoms with E-state index >= 15 is 0 Å². The maximum atomic E-state index is 15.0. The molecule has 0 amide bonds. The van der Waals surface area contributed by atoms with Crippen LogP contribution < -0.4 is 0 Å². The summed E-state index contributed by atoms with van der Waals surface area (Å²) in [7, 11) is 1.70. The normalized spacial score (nSPS) is 22.3. The zero-order valence-corrected chi connectivity index (χ0v) is 19.1. The number of rotatable bonds is 6. The summed E-state index contributed by atoms with van der Waals surface area (Å²) in [6.07, 6.45) is 7.06. The quantitative estimate of drug-likeness (QED) is 0.276. The van der Waals surface area contributed by atoms with Gasteiger partial charge in [0.25, 0.3) is 0 Å². The van der Waals surface area contributed by atoms with Crippen molar-refractivity contribution in [2.45, 2.75) is 43.8 Å². The summed E-state index contributed by atoms with van der Waals surface area (Å²) in [4.78, 5) is 0. The molecule has 0 radical (unpaired) electrons. The fraction of sp³-hybridized carbons (Fsp3) is 0.310. The molecule has 34 heavy (non-hydrogen) atoms. The van der Waals surface area contributed by atoms with Crippen molar-refractivity contribution in [1.82, 2.24) is 0 Å². The number of epoxide rings is 1. The van der Waals surface area contributed by atoms with E-state index in [-0.39, 0.29) is 29.5 Å². The van der Waals surface area contributed by atoms with Gasteiger partial charge in [-0.2, -0.15) is 0 Å². The van der Waals surface area contributed by atoms with E-state index in [1.807, 2.05) is 18.2 Å². The Morgan fingerprint density at radius 2 is 1.59 bits per heavy atom. The monoisotopic (exact) mass is 464 g/mol. The van der Waals surface area contributed by atoms with Crippen LogP contribution in [0.5, 0.6) is 0 Å². The first-order valence-electron chi connectivity index (χ1n) is 11.7. The summed E-state index contributed by atoms with van der Waals surface area (Å²) in [6.45, 7) is 0.642. The molecule has 3 aromatic carbocycles. The molecule has 3 aromatic rings. The highest BCUT2D eigenvalue weighted by Gasteiger charge is 2.27. The molecule has 176 valence electrons. The third kappa shape index (κ3) is 4.82. The molecule has 1 saturated heterocycles. The van der Waals surface area contributed by atoms with Crippen LogP contribution in [0.1, 0.15) is 60.0 Å². The van der Waals surface area contributed by atoms with Crippen LogP contribution in [0.3, 0.4) is 0 Å². The molecule has 2 nitrogen and oxygen atoms in total. The minimum absolute atomic E-state index is 0.0186. The fourth-order valence-electron chi connectivity index (χ4n) is 4.79. The molecule has 0 spiro atoms. The lowest BCUT2D eigenvalue weighted by Crippen LogP contribution is -2.20. The lowest BCUT2D eigenvalue weighted by atomic mass is 9.82. The first-order chi connectivity index (χ1) is 16.5. The molecule has 0 N–H and O–H groups in total. The van der Waals surface area contributed by atoms with E-state index < -0.39 is 11.6 Å². The summed E-state index contributed by atoms with van der Waals surface area (Å²) >= 11 is 0.